The van der Waals surface area contributed by atoms with Crippen molar-refractivity contribution in [3.8, 4) is 11.4 Å². The highest BCUT2D eigenvalue weighted by Crippen LogP contribution is 2.26. The molecule has 0 amide bonds. The molecule has 0 bridgehead atoms. The van der Waals surface area contributed by atoms with Crippen molar-refractivity contribution in [3.05, 3.63) is 83.9 Å². The molecule has 0 aliphatic rings. The second-order valence-electron chi connectivity index (χ2n) is 6.43. The van der Waals surface area contributed by atoms with Gasteiger partial charge in [0.05, 0.1) is 5.75 Å². The minimum absolute atomic E-state index is 0.750. The van der Waals surface area contributed by atoms with Gasteiger partial charge in [-0.2, -0.15) is 0 Å². The van der Waals surface area contributed by atoms with Gasteiger partial charge >= 0.3 is 0 Å². The molecule has 0 unspecified atom stereocenters. The lowest BCUT2D eigenvalue weighted by Crippen LogP contribution is -2.04. The molecule has 0 radical (unpaired) electrons. The van der Waals surface area contributed by atoms with Crippen molar-refractivity contribution in [2.75, 3.05) is 0 Å². The van der Waals surface area contributed by atoms with Crippen molar-refractivity contribution in [2.45, 2.75) is 24.4 Å². The van der Waals surface area contributed by atoms with E-state index < -0.39 is 0 Å². The first kappa shape index (κ1) is 17.5. The highest BCUT2D eigenvalue weighted by Gasteiger charge is 2.14. The molecule has 0 atom stereocenters. The number of aryl methyl sites for hydroxylation is 1. The van der Waals surface area contributed by atoms with Gasteiger partial charge in [0.2, 0.25) is 0 Å². The van der Waals surface area contributed by atoms with Crippen LogP contribution in [0.2, 0.25) is 0 Å². The minimum atomic E-state index is 0.750. The Kier molecular flexibility index (Phi) is 5.07. The van der Waals surface area contributed by atoms with Crippen molar-refractivity contribution >= 4 is 11.8 Å². The van der Waals surface area contributed by atoms with Crippen LogP contribution >= 0.6 is 11.8 Å². The SMILES string of the molecule is Cc1ccccc1-c1nnc(SCc2nccn2Cc2ccccc2)n1C. The van der Waals surface area contributed by atoms with Crippen LogP contribution in [-0.2, 0) is 19.3 Å². The Morgan fingerprint density at radius 2 is 1.74 bits per heavy atom. The highest BCUT2D eigenvalue weighted by atomic mass is 32.2. The lowest BCUT2D eigenvalue weighted by molar-refractivity contribution is 0.752. The zero-order chi connectivity index (χ0) is 18.6. The highest BCUT2D eigenvalue weighted by molar-refractivity contribution is 7.98. The van der Waals surface area contributed by atoms with Crippen LogP contribution in [0.1, 0.15) is 17.0 Å². The zero-order valence-electron chi connectivity index (χ0n) is 15.4. The third-order valence-electron chi connectivity index (χ3n) is 4.55. The predicted octanol–water partition coefficient (Wildman–Crippen LogP) is 4.33. The molecule has 0 aliphatic heterocycles. The molecule has 5 nitrogen and oxygen atoms in total. The van der Waals surface area contributed by atoms with Crippen molar-refractivity contribution < 1.29 is 0 Å². The average Bonchev–Trinajstić information content (AvgIpc) is 3.28. The Labute approximate surface area is 163 Å². The van der Waals surface area contributed by atoms with Crippen LogP contribution in [-0.4, -0.2) is 24.3 Å². The molecule has 0 aliphatic carbocycles. The van der Waals surface area contributed by atoms with E-state index in [4.69, 9.17) is 0 Å². The van der Waals surface area contributed by atoms with Crippen molar-refractivity contribution in [2.24, 2.45) is 7.05 Å². The fourth-order valence-corrected chi connectivity index (χ4v) is 3.91. The summed E-state index contributed by atoms with van der Waals surface area (Å²) in [4.78, 5) is 4.52. The first-order chi connectivity index (χ1) is 13.2. The summed E-state index contributed by atoms with van der Waals surface area (Å²) in [7, 11) is 2.01. The van der Waals surface area contributed by atoms with Crippen LogP contribution in [0, 0.1) is 6.92 Å². The second kappa shape index (κ2) is 7.80. The largest absolute Gasteiger partial charge is 0.330 e. The summed E-state index contributed by atoms with van der Waals surface area (Å²) < 4.78 is 4.23. The minimum Gasteiger partial charge on any atom is -0.330 e. The smallest absolute Gasteiger partial charge is 0.191 e. The van der Waals surface area contributed by atoms with Crippen LogP contribution in [0.3, 0.4) is 0 Å². The quantitative estimate of drug-likeness (QED) is 0.471. The third-order valence-corrected chi connectivity index (χ3v) is 5.56. The van der Waals surface area contributed by atoms with Crippen molar-refractivity contribution in [3.63, 3.8) is 0 Å². The summed E-state index contributed by atoms with van der Waals surface area (Å²) in [6.45, 7) is 2.92. The van der Waals surface area contributed by atoms with Crippen LogP contribution in [0.5, 0.6) is 0 Å². The summed E-state index contributed by atoms with van der Waals surface area (Å²) in [5.41, 5.74) is 3.58. The van der Waals surface area contributed by atoms with Gasteiger partial charge in [0.15, 0.2) is 11.0 Å². The van der Waals surface area contributed by atoms with Gasteiger partial charge < -0.3 is 9.13 Å². The second-order valence-corrected chi connectivity index (χ2v) is 7.37. The van der Waals surface area contributed by atoms with E-state index in [-0.39, 0.29) is 0 Å². The summed E-state index contributed by atoms with van der Waals surface area (Å²) in [6.07, 6.45) is 3.88. The maximum absolute atomic E-state index is 4.52. The number of nitrogens with zero attached hydrogens (tertiary/aromatic N) is 5. The van der Waals surface area contributed by atoms with Gasteiger partial charge in [-0.15, -0.1) is 10.2 Å². The molecule has 27 heavy (non-hydrogen) atoms. The molecule has 6 heteroatoms. The molecule has 2 aromatic carbocycles. The monoisotopic (exact) mass is 375 g/mol. The van der Waals surface area contributed by atoms with Crippen molar-refractivity contribution in [1.29, 1.82) is 0 Å². The van der Waals surface area contributed by atoms with Gasteiger partial charge in [-0.3, -0.25) is 0 Å². The molecule has 4 rings (SSSR count). The molecule has 2 aromatic heterocycles. The number of imidazole rings is 1. The summed E-state index contributed by atoms with van der Waals surface area (Å²) in [5.74, 6) is 2.67. The van der Waals surface area contributed by atoms with E-state index >= 15 is 0 Å². The Hall–Kier alpha value is -2.86. The number of hydrogen-bond acceptors (Lipinski definition) is 4. The zero-order valence-corrected chi connectivity index (χ0v) is 16.2. The molecular weight excluding hydrogens is 354 g/mol. The molecule has 0 fully saturated rings. The Bertz CT molecular complexity index is 1040. The van der Waals surface area contributed by atoms with E-state index in [1.807, 2.05) is 37.6 Å². The maximum Gasteiger partial charge on any atom is 0.191 e. The molecule has 4 aromatic rings. The standard InChI is InChI=1S/C21H21N5S/c1-16-8-6-7-11-18(16)20-23-24-21(25(20)2)27-15-19-22-12-13-26(19)14-17-9-4-3-5-10-17/h3-13H,14-15H2,1-2H3. The lowest BCUT2D eigenvalue weighted by Gasteiger charge is -2.08. The van der Waals surface area contributed by atoms with Crippen molar-refractivity contribution in [1.82, 2.24) is 24.3 Å². The lowest BCUT2D eigenvalue weighted by atomic mass is 10.1. The number of rotatable bonds is 6. The average molecular weight is 376 g/mol. The first-order valence-electron chi connectivity index (χ1n) is 8.84. The van der Waals surface area contributed by atoms with E-state index in [9.17, 15) is 0 Å². The summed E-state index contributed by atoms with van der Waals surface area (Å²) in [6, 6.07) is 18.7. The van der Waals surface area contributed by atoms with Gasteiger partial charge in [-0.25, -0.2) is 4.98 Å². The molecule has 0 saturated carbocycles. The van der Waals surface area contributed by atoms with Gasteiger partial charge in [0.1, 0.15) is 5.82 Å². The van der Waals surface area contributed by atoms with Crippen LogP contribution in [0.15, 0.2) is 72.1 Å². The molecule has 2 heterocycles. The maximum atomic E-state index is 4.52. The van der Waals surface area contributed by atoms with Gasteiger partial charge in [0.25, 0.3) is 0 Å². The topological polar surface area (TPSA) is 48.5 Å². The Balaban J connectivity index is 1.49. The Morgan fingerprint density at radius 1 is 0.963 bits per heavy atom. The van der Waals surface area contributed by atoms with Crippen LogP contribution in [0.25, 0.3) is 11.4 Å². The van der Waals surface area contributed by atoms with E-state index in [0.29, 0.717) is 0 Å². The van der Waals surface area contributed by atoms with E-state index in [0.717, 1.165) is 34.7 Å². The van der Waals surface area contributed by atoms with Crippen LogP contribution < -0.4 is 0 Å². The fourth-order valence-electron chi connectivity index (χ4n) is 3.03. The normalized spacial score (nSPS) is 11.0. The van der Waals surface area contributed by atoms with Crippen LogP contribution in [0.4, 0.5) is 0 Å². The number of hydrogen-bond donors (Lipinski definition) is 0. The third kappa shape index (κ3) is 3.80. The Morgan fingerprint density at radius 3 is 2.56 bits per heavy atom. The number of thioether (sulfide) groups is 1. The molecule has 0 saturated heterocycles. The van der Waals surface area contributed by atoms with Gasteiger partial charge in [0, 0.05) is 31.5 Å². The molecule has 0 spiro atoms. The fraction of sp³-hybridized carbons (Fsp3) is 0.190. The van der Waals surface area contributed by atoms with E-state index in [1.165, 1.54) is 11.1 Å². The molecular formula is C21H21N5S. The molecule has 0 N–H and O–H groups in total. The van der Waals surface area contributed by atoms with Gasteiger partial charge in [-0.1, -0.05) is 66.4 Å². The summed E-state index contributed by atoms with van der Waals surface area (Å²) in [5, 5.41) is 9.68. The number of benzene rings is 2. The molecule has 136 valence electrons. The summed E-state index contributed by atoms with van der Waals surface area (Å²) >= 11 is 1.66. The van der Waals surface area contributed by atoms with Gasteiger partial charge in [-0.05, 0) is 18.1 Å². The predicted molar refractivity (Wildman–Crippen MR) is 109 cm³/mol. The van der Waals surface area contributed by atoms with E-state index in [1.54, 1.807) is 11.8 Å². The van der Waals surface area contributed by atoms with E-state index in [2.05, 4.69) is 67.6 Å². The first-order valence-corrected chi connectivity index (χ1v) is 9.83. The number of aromatic nitrogens is 5.